The second-order valence-corrected chi connectivity index (χ2v) is 6.91. The summed E-state index contributed by atoms with van der Waals surface area (Å²) in [4.78, 5) is 0.280. The van der Waals surface area contributed by atoms with Crippen LogP contribution in [0, 0.1) is 0 Å². The van der Waals surface area contributed by atoms with E-state index in [0.717, 1.165) is 11.3 Å². The Bertz CT molecular complexity index is 455. The zero-order chi connectivity index (χ0) is 11.5. The van der Waals surface area contributed by atoms with Crippen LogP contribution in [0.15, 0.2) is 16.3 Å². The van der Waals surface area contributed by atoms with Crippen LogP contribution in [0.2, 0.25) is 4.34 Å². The summed E-state index contributed by atoms with van der Waals surface area (Å²) >= 11 is 11.3. The summed E-state index contributed by atoms with van der Waals surface area (Å²) in [5.41, 5.74) is 5.24. The predicted molar refractivity (Wildman–Crippen MR) is 65.9 cm³/mol. The highest BCUT2D eigenvalue weighted by Gasteiger charge is 2.15. The fourth-order valence-electron chi connectivity index (χ4n) is 0.822. The maximum atomic E-state index is 11.6. The molecule has 0 atom stereocenters. The fourth-order valence-corrected chi connectivity index (χ4v) is 3.48. The molecule has 0 aliphatic carbocycles. The van der Waals surface area contributed by atoms with E-state index in [1.54, 1.807) is 0 Å². The molecule has 8 heteroatoms. The number of hydrogen-bond acceptors (Lipinski definition) is 4. The molecule has 1 heterocycles. The van der Waals surface area contributed by atoms with E-state index in [4.69, 9.17) is 17.3 Å². The third-order valence-electron chi connectivity index (χ3n) is 1.48. The quantitative estimate of drug-likeness (QED) is 0.801. The molecule has 1 aromatic rings. The average Bonchev–Trinajstić information content (AvgIpc) is 2.51. The Morgan fingerprint density at radius 3 is 2.73 bits per heavy atom. The Labute approximate surface area is 102 Å². The summed E-state index contributed by atoms with van der Waals surface area (Å²) in [6.07, 6.45) is 0.341. The Balaban J connectivity index is 2.64. The van der Waals surface area contributed by atoms with E-state index in [2.05, 4.69) is 16.9 Å². The Kier molecular flexibility index (Phi) is 4.47. The fraction of sp³-hybridized carbons (Fsp3) is 0.286. The van der Waals surface area contributed by atoms with Gasteiger partial charge in [0.15, 0.2) is 0 Å². The third kappa shape index (κ3) is 4.04. The summed E-state index contributed by atoms with van der Waals surface area (Å²) < 4.78 is 26.2. The lowest BCUT2D eigenvalue weighted by Crippen LogP contribution is -2.26. The lowest BCUT2D eigenvalue weighted by atomic mass is 10.4. The van der Waals surface area contributed by atoms with E-state index in [0.29, 0.717) is 10.8 Å². The molecule has 0 aliphatic heterocycles. The number of rotatable bonds is 5. The molecule has 0 amide bonds. The average molecular weight is 285 g/mol. The summed E-state index contributed by atoms with van der Waals surface area (Å²) in [6, 6.07) is 2.99. The van der Waals surface area contributed by atoms with Crippen molar-refractivity contribution in [1.29, 1.82) is 0 Å². The van der Waals surface area contributed by atoms with E-state index in [9.17, 15) is 8.42 Å². The van der Waals surface area contributed by atoms with Gasteiger partial charge in [-0.3, -0.25) is 0 Å². The minimum atomic E-state index is -3.47. The van der Waals surface area contributed by atoms with Gasteiger partial charge < -0.3 is 5.73 Å². The van der Waals surface area contributed by atoms with Crippen molar-refractivity contribution in [3.8, 4) is 0 Å². The van der Waals surface area contributed by atoms with Gasteiger partial charge in [-0.15, -0.1) is 11.3 Å². The highest BCUT2D eigenvalue weighted by molar-refractivity contribution is 7.91. The smallest absolute Gasteiger partial charge is 0.250 e. The largest absolute Gasteiger partial charge is 0.393 e. The first-order chi connectivity index (χ1) is 6.92. The number of thiocarbonyl (C=S) groups is 1. The molecule has 1 rings (SSSR count). The van der Waals surface area contributed by atoms with Crippen LogP contribution in [-0.4, -0.2) is 20.0 Å². The summed E-state index contributed by atoms with van der Waals surface area (Å²) in [6.45, 7) is 0.202. The minimum Gasteiger partial charge on any atom is -0.393 e. The second kappa shape index (κ2) is 5.22. The minimum absolute atomic E-state index is 0.190. The van der Waals surface area contributed by atoms with Crippen molar-refractivity contribution in [1.82, 2.24) is 4.72 Å². The number of hydrogen-bond donors (Lipinski definition) is 2. The van der Waals surface area contributed by atoms with Gasteiger partial charge in [0.25, 0.3) is 0 Å². The highest BCUT2D eigenvalue weighted by atomic mass is 35.5. The molecule has 0 saturated carbocycles. The number of nitrogens with two attached hydrogens (primary N) is 1. The lowest BCUT2D eigenvalue weighted by Gasteiger charge is -2.02. The molecule has 1 aromatic heterocycles. The van der Waals surface area contributed by atoms with E-state index in [1.807, 2.05) is 0 Å². The summed E-state index contributed by atoms with van der Waals surface area (Å²) in [7, 11) is -3.47. The lowest BCUT2D eigenvalue weighted by molar-refractivity contribution is 0.585. The van der Waals surface area contributed by atoms with Crippen molar-refractivity contribution in [3.63, 3.8) is 0 Å². The summed E-state index contributed by atoms with van der Waals surface area (Å²) in [5.74, 6) is 0. The maximum Gasteiger partial charge on any atom is 0.250 e. The number of thiophene rings is 1. The van der Waals surface area contributed by atoms with Gasteiger partial charge in [-0.25, -0.2) is 13.1 Å². The Morgan fingerprint density at radius 1 is 1.60 bits per heavy atom. The molecule has 0 aliphatic rings. The number of halogens is 1. The van der Waals surface area contributed by atoms with Crippen molar-refractivity contribution >= 4 is 50.2 Å². The topological polar surface area (TPSA) is 72.2 Å². The van der Waals surface area contributed by atoms with Gasteiger partial charge in [0.2, 0.25) is 10.0 Å². The molecule has 84 valence electrons. The first-order valence-electron chi connectivity index (χ1n) is 3.95. The molecule has 0 fully saturated rings. The van der Waals surface area contributed by atoms with E-state index >= 15 is 0 Å². The zero-order valence-electron chi connectivity index (χ0n) is 7.57. The standard InChI is InChI=1S/C7H9ClN2O2S3/c8-5-1-2-7(14-5)15(11,12)10-4-3-6(9)13/h1-2,10H,3-4H2,(H2,9,13). The van der Waals surface area contributed by atoms with Gasteiger partial charge in [-0.05, 0) is 12.1 Å². The summed E-state index contributed by atoms with van der Waals surface area (Å²) in [5, 5.41) is 0. The highest BCUT2D eigenvalue weighted by Crippen LogP contribution is 2.25. The van der Waals surface area contributed by atoms with Gasteiger partial charge in [0.1, 0.15) is 4.21 Å². The molecule has 0 saturated heterocycles. The third-order valence-corrected chi connectivity index (χ3v) is 4.87. The van der Waals surface area contributed by atoms with Gasteiger partial charge in [-0.1, -0.05) is 23.8 Å². The Hall–Kier alpha value is -0.210. The van der Waals surface area contributed by atoms with Crippen LogP contribution in [0.25, 0.3) is 0 Å². The number of sulfonamides is 1. The van der Waals surface area contributed by atoms with Crippen molar-refractivity contribution in [2.45, 2.75) is 10.6 Å². The van der Waals surface area contributed by atoms with Crippen LogP contribution in [-0.2, 0) is 10.0 Å². The molecule has 0 radical (unpaired) electrons. The first-order valence-corrected chi connectivity index (χ1v) is 7.04. The molecular formula is C7H9ClN2O2S3. The zero-order valence-corrected chi connectivity index (χ0v) is 10.8. The predicted octanol–water partition coefficient (Wildman–Crippen LogP) is 1.36. The van der Waals surface area contributed by atoms with Gasteiger partial charge in [0.05, 0.1) is 9.32 Å². The van der Waals surface area contributed by atoms with Gasteiger partial charge in [-0.2, -0.15) is 0 Å². The van der Waals surface area contributed by atoms with Gasteiger partial charge in [0, 0.05) is 13.0 Å². The van der Waals surface area contributed by atoms with E-state index in [1.165, 1.54) is 12.1 Å². The maximum absolute atomic E-state index is 11.6. The molecule has 3 N–H and O–H groups in total. The first kappa shape index (κ1) is 12.9. The van der Waals surface area contributed by atoms with Crippen LogP contribution < -0.4 is 10.5 Å². The van der Waals surface area contributed by atoms with E-state index < -0.39 is 10.0 Å². The van der Waals surface area contributed by atoms with Crippen LogP contribution in [0.4, 0.5) is 0 Å². The molecule has 0 spiro atoms. The monoisotopic (exact) mass is 284 g/mol. The molecule has 0 aromatic carbocycles. The second-order valence-electron chi connectivity index (χ2n) is 2.67. The molecule has 4 nitrogen and oxygen atoms in total. The van der Waals surface area contributed by atoms with Crippen LogP contribution in [0.1, 0.15) is 6.42 Å². The van der Waals surface area contributed by atoms with Crippen molar-refractivity contribution in [2.24, 2.45) is 5.73 Å². The SMILES string of the molecule is NC(=S)CCNS(=O)(=O)c1ccc(Cl)s1. The normalized spacial score (nSPS) is 11.5. The van der Waals surface area contributed by atoms with Crippen molar-refractivity contribution in [3.05, 3.63) is 16.5 Å². The molecule has 0 unspecified atom stereocenters. The molecule has 15 heavy (non-hydrogen) atoms. The van der Waals surface area contributed by atoms with Crippen LogP contribution >= 0.6 is 35.2 Å². The number of nitrogens with one attached hydrogen (secondary N) is 1. The molecule has 0 bridgehead atoms. The van der Waals surface area contributed by atoms with Crippen LogP contribution in [0.3, 0.4) is 0 Å². The Morgan fingerprint density at radius 2 is 2.27 bits per heavy atom. The van der Waals surface area contributed by atoms with Crippen molar-refractivity contribution < 1.29 is 8.42 Å². The van der Waals surface area contributed by atoms with Crippen LogP contribution in [0.5, 0.6) is 0 Å². The van der Waals surface area contributed by atoms with Gasteiger partial charge >= 0.3 is 0 Å². The van der Waals surface area contributed by atoms with E-state index in [-0.39, 0.29) is 15.7 Å². The molecular weight excluding hydrogens is 276 g/mol. The van der Waals surface area contributed by atoms with Crippen molar-refractivity contribution in [2.75, 3.05) is 6.54 Å².